The molecule has 1 aliphatic rings. The topological polar surface area (TPSA) is 86.7 Å². The monoisotopic (exact) mass is 290 g/mol. The smallest absolute Gasteiger partial charge is 0.309 e. The molecule has 2 rings (SSSR count). The number of amides is 2. The molecular weight excluding hydrogens is 272 g/mol. The standard InChI is InChI=1S/C15H18N2O4/c1-15(2,14(20)21)7-10-5-3-4-6-11(10)17-8-12(18)16-13(19)9-17/h3-6H,7-9H2,1-2H3,(H,20,21)(H,16,18,19). The van der Waals surface area contributed by atoms with Gasteiger partial charge in [-0.1, -0.05) is 18.2 Å². The van der Waals surface area contributed by atoms with E-state index in [1.54, 1.807) is 24.8 Å². The van der Waals surface area contributed by atoms with Gasteiger partial charge in [0.15, 0.2) is 0 Å². The molecular formula is C15H18N2O4. The number of carbonyl (C=O) groups excluding carboxylic acids is 2. The van der Waals surface area contributed by atoms with Gasteiger partial charge in [0.25, 0.3) is 0 Å². The predicted molar refractivity (Wildman–Crippen MR) is 76.9 cm³/mol. The summed E-state index contributed by atoms with van der Waals surface area (Å²) < 4.78 is 0. The third-order valence-electron chi connectivity index (χ3n) is 3.49. The predicted octanol–water partition coefficient (Wildman–Crippen LogP) is 0.803. The van der Waals surface area contributed by atoms with Crippen molar-refractivity contribution in [2.75, 3.05) is 18.0 Å². The number of benzene rings is 1. The van der Waals surface area contributed by atoms with Crippen LogP contribution in [0.2, 0.25) is 0 Å². The molecule has 1 heterocycles. The fourth-order valence-corrected chi connectivity index (χ4v) is 2.33. The van der Waals surface area contributed by atoms with Crippen molar-refractivity contribution in [3.8, 4) is 0 Å². The molecule has 0 unspecified atom stereocenters. The number of carbonyl (C=O) groups is 3. The van der Waals surface area contributed by atoms with E-state index in [-0.39, 0.29) is 24.9 Å². The lowest BCUT2D eigenvalue weighted by molar-refractivity contribution is -0.146. The lowest BCUT2D eigenvalue weighted by atomic mass is 9.85. The minimum atomic E-state index is -0.918. The maximum Gasteiger partial charge on any atom is 0.309 e. The first-order chi connectivity index (χ1) is 9.79. The highest BCUT2D eigenvalue weighted by atomic mass is 16.4. The van der Waals surface area contributed by atoms with Crippen LogP contribution in [0.1, 0.15) is 19.4 Å². The van der Waals surface area contributed by atoms with Crippen LogP contribution in [0, 0.1) is 5.41 Å². The van der Waals surface area contributed by atoms with Crippen molar-refractivity contribution in [3.63, 3.8) is 0 Å². The molecule has 0 saturated carbocycles. The number of para-hydroxylation sites is 1. The van der Waals surface area contributed by atoms with Crippen molar-refractivity contribution >= 4 is 23.5 Å². The first kappa shape index (κ1) is 15.0. The average molecular weight is 290 g/mol. The summed E-state index contributed by atoms with van der Waals surface area (Å²) in [6.07, 6.45) is 0.324. The Morgan fingerprint density at radius 2 is 1.81 bits per heavy atom. The summed E-state index contributed by atoms with van der Waals surface area (Å²) in [5, 5.41) is 11.5. The summed E-state index contributed by atoms with van der Waals surface area (Å²) in [6.45, 7) is 3.49. The van der Waals surface area contributed by atoms with Gasteiger partial charge in [-0.25, -0.2) is 0 Å². The van der Waals surface area contributed by atoms with Crippen molar-refractivity contribution in [2.24, 2.45) is 5.41 Å². The van der Waals surface area contributed by atoms with E-state index >= 15 is 0 Å². The Balaban J connectivity index is 2.31. The number of piperazine rings is 1. The van der Waals surface area contributed by atoms with Crippen LogP contribution in [-0.2, 0) is 20.8 Å². The molecule has 21 heavy (non-hydrogen) atoms. The van der Waals surface area contributed by atoms with E-state index in [0.29, 0.717) is 6.42 Å². The SMILES string of the molecule is CC(C)(Cc1ccccc1N1CC(=O)NC(=O)C1)C(=O)O. The second kappa shape index (κ2) is 5.55. The highest BCUT2D eigenvalue weighted by Crippen LogP contribution is 2.29. The Kier molecular flexibility index (Phi) is 3.97. The number of carboxylic acid groups (broad SMARTS) is 1. The fraction of sp³-hybridized carbons (Fsp3) is 0.400. The van der Waals surface area contributed by atoms with Crippen LogP contribution in [0.15, 0.2) is 24.3 Å². The number of hydrogen-bond acceptors (Lipinski definition) is 4. The van der Waals surface area contributed by atoms with Gasteiger partial charge in [-0.2, -0.15) is 0 Å². The zero-order valence-corrected chi connectivity index (χ0v) is 12.0. The molecule has 2 amide bonds. The molecule has 2 N–H and O–H groups in total. The van der Waals surface area contributed by atoms with Gasteiger partial charge in [0.2, 0.25) is 11.8 Å². The van der Waals surface area contributed by atoms with E-state index in [4.69, 9.17) is 0 Å². The Morgan fingerprint density at radius 1 is 1.24 bits per heavy atom. The molecule has 1 saturated heterocycles. The Morgan fingerprint density at radius 3 is 2.38 bits per heavy atom. The fourth-order valence-electron chi connectivity index (χ4n) is 2.33. The summed E-state index contributed by atoms with van der Waals surface area (Å²) in [7, 11) is 0. The number of carboxylic acids is 1. The number of imide groups is 1. The number of aliphatic carboxylic acids is 1. The molecule has 1 aliphatic heterocycles. The largest absolute Gasteiger partial charge is 0.481 e. The number of nitrogens with one attached hydrogen (secondary N) is 1. The summed E-state index contributed by atoms with van der Waals surface area (Å²) in [5.41, 5.74) is 0.625. The van der Waals surface area contributed by atoms with Gasteiger partial charge in [-0.15, -0.1) is 0 Å². The van der Waals surface area contributed by atoms with Crippen molar-refractivity contribution < 1.29 is 19.5 Å². The van der Waals surface area contributed by atoms with Crippen LogP contribution >= 0.6 is 0 Å². The molecule has 0 bridgehead atoms. The van der Waals surface area contributed by atoms with Crippen LogP contribution in [0.5, 0.6) is 0 Å². The molecule has 112 valence electrons. The van der Waals surface area contributed by atoms with Gasteiger partial charge in [-0.3, -0.25) is 19.7 Å². The van der Waals surface area contributed by atoms with E-state index in [2.05, 4.69) is 5.32 Å². The molecule has 6 heteroatoms. The van der Waals surface area contributed by atoms with Crippen molar-refractivity contribution in [1.82, 2.24) is 5.32 Å². The number of hydrogen-bond donors (Lipinski definition) is 2. The van der Waals surface area contributed by atoms with Gasteiger partial charge < -0.3 is 10.0 Å². The zero-order chi connectivity index (χ0) is 15.6. The van der Waals surface area contributed by atoms with Crippen molar-refractivity contribution in [1.29, 1.82) is 0 Å². The molecule has 0 aliphatic carbocycles. The van der Waals surface area contributed by atoms with Crippen LogP contribution in [0.25, 0.3) is 0 Å². The summed E-state index contributed by atoms with van der Waals surface area (Å²) in [4.78, 5) is 35.9. The minimum absolute atomic E-state index is 0.0935. The Labute approximate surface area is 122 Å². The normalized spacial score (nSPS) is 15.8. The van der Waals surface area contributed by atoms with Crippen molar-refractivity contribution in [3.05, 3.63) is 29.8 Å². The van der Waals surface area contributed by atoms with Crippen LogP contribution in [0.4, 0.5) is 5.69 Å². The van der Waals surface area contributed by atoms with E-state index in [9.17, 15) is 19.5 Å². The molecule has 6 nitrogen and oxygen atoms in total. The van der Waals surface area contributed by atoms with E-state index in [0.717, 1.165) is 11.3 Å². The third-order valence-corrected chi connectivity index (χ3v) is 3.49. The molecule has 1 fully saturated rings. The first-order valence-electron chi connectivity index (χ1n) is 6.68. The molecule has 0 spiro atoms. The van der Waals surface area contributed by atoms with Crippen LogP contribution in [-0.4, -0.2) is 36.0 Å². The van der Waals surface area contributed by atoms with E-state index in [1.807, 2.05) is 18.2 Å². The number of nitrogens with zero attached hydrogens (tertiary/aromatic N) is 1. The first-order valence-corrected chi connectivity index (χ1v) is 6.68. The molecule has 1 aromatic carbocycles. The minimum Gasteiger partial charge on any atom is -0.481 e. The maximum absolute atomic E-state index is 11.5. The third kappa shape index (κ3) is 3.39. The highest BCUT2D eigenvalue weighted by Gasteiger charge is 2.30. The second-order valence-electron chi connectivity index (χ2n) is 5.82. The molecule has 1 aromatic rings. The van der Waals surface area contributed by atoms with Gasteiger partial charge in [0.1, 0.15) is 0 Å². The Bertz CT molecular complexity index is 579. The van der Waals surface area contributed by atoms with Crippen LogP contribution in [0.3, 0.4) is 0 Å². The molecule has 0 atom stereocenters. The average Bonchev–Trinajstić information content (AvgIpc) is 2.37. The number of anilines is 1. The maximum atomic E-state index is 11.5. The summed E-state index contributed by atoms with van der Waals surface area (Å²) in [6, 6.07) is 7.27. The van der Waals surface area contributed by atoms with Gasteiger partial charge in [0, 0.05) is 5.69 Å². The van der Waals surface area contributed by atoms with E-state index in [1.165, 1.54) is 0 Å². The molecule has 0 aromatic heterocycles. The zero-order valence-electron chi connectivity index (χ0n) is 12.0. The molecule has 0 radical (unpaired) electrons. The second-order valence-corrected chi connectivity index (χ2v) is 5.82. The highest BCUT2D eigenvalue weighted by molar-refractivity contribution is 6.02. The number of rotatable bonds is 4. The summed E-state index contributed by atoms with van der Waals surface area (Å²) in [5.74, 6) is -1.58. The van der Waals surface area contributed by atoms with Gasteiger partial charge in [-0.05, 0) is 31.9 Å². The van der Waals surface area contributed by atoms with Gasteiger partial charge >= 0.3 is 5.97 Å². The lowest BCUT2D eigenvalue weighted by Gasteiger charge is -2.30. The lowest BCUT2D eigenvalue weighted by Crippen LogP contribution is -2.51. The Hall–Kier alpha value is -2.37. The quantitative estimate of drug-likeness (QED) is 0.801. The van der Waals surface area contributed by atoms with Crippen molar-refractivity contribution in [2.45, 2.75) is 20.3 Å². The summed E-state index contributed by atoms with van der Waals surface area (Å²) >= 11 is 0. The van der Waals surface area contributed by atoms with E-state index < -0.39 is 11.4 Å². The van der Waals surface area contributed by atoms with Crippen LogP contribution < -0.4 is 10.2 Å². The van der Waals surface area contributed by atoms with Gasteiger partial charge in [0.05, 0.1) is 18.5 Å².